The van der Waals surface area contributed by atoms with Gasteiger partial charge >= 0.3 is 8.80 Å². The minimum Gasteiger partial charge on any atom is -1.00 e. The summed E-state index contributed by atoms with van der Waals surface area (Å²) in [6, 6.07) is 0. The van der Waals surface area contributed by atoms with Crippen molar-refractivity contribution in [2.75, 3.05) is 36.5 Å². The predicted molar refractivity (Wildman–Crippen MR) is 87.1 cm³/mol. The summed E-state index contributed by atoms with van der Waals surface area (Å²) in [5.74, 6) is 2.40. The lowest BCUT2D eigenvalue weighted by molar-refractivity contribution is -0.0759. The van der Waals surface area contributed by atoms with Gasteiger partial charge in [-0.25, -0.2) is 0 Å². The van der Waals surface area contributed by atoms with E-state index in [1.807, 2.05) is 0 Å². The molecule has 3 saturated heterocycles. The Kier molecular flexibility index (Phi) is 8.22. The van der Waals surface area contributed by atoms with Crippen molar-refractivity contribution in [1.82, 2.24) is 4.90 Å². The first-order valence-electron chi connectivity index (χ1n) is 7.86. The van der Waals surface area contributed by atoms with Crippen LogP contribution in [-0.2, 0) is 24.2 Å². The van der Waals surface area contributed by atoms with Gasteiger partial charge in [-0.05, 0) is 45.5 Å². The highest BCUT2D eigenvalue weighted by atomic mass is 79.9. The monoisotopic (exact) mass is 399 g/mol. The van der Waals surface area contributed by atoms with Gasteiger partial charge in [0.15, 0.2) is 5.38 Å². The summed E-state index contributed by atoms with van der Waals surface area (Å²) in [5.41, 5.74) is 0. The summed E-state index contributed by atoms with van der Waals surface area (Å²) >= 11 is 0. The highest BCUT2D eigenvalue weighted by Crippen LogP contribution is 2.26. The van der Waals surface area contributed by atoms with E-state index in [9.17, 15) is 0 Å². The van der Waals surface area contributed by atoms with Gasteiger partial charge in [0, 0.05) is 19.6 Å². The fourth-order valence-electron chi connectivity index (χ4n) is 3.19. The zero-order chi connectivity index (χ0) is 14.8. The second-order valence-corrected chi connectivity index (χ2v) is 11.6. The molecule has 0 amide bonds. The maximum absolute atomic E-state index is 6.38. The third-order valence-electron chi connectivity index (χ3n) is 3.89. The predicted octanol–water partition coefficient (Wildman–Crippen LogP) is -1.33. The lowest BCUT2D eigenvalue weighted by Gasteiger charge is -2.44. The summed E-state index contributed by atoms with van der Waals surface area (Å²) in [6.45, 7) is 14.0. The van der Waals surface area contributed by atoms with Crippen LogP contribution in [0.3, 0.4) is 0 Å². The Labute approximate surface area is 144 Å². The van der Waals surface area contributed by atoms with Crippen LogP contribution in [0.15, 0.2) is 0 Å². The average molecular weight is 400 g/mol. The van der Waals surface area contributed by atoms with E-state index in [4.69, 9.17) is 13.3 Å². The molecular weight excluding hydrogens is 370 g/mol. The Morgan fingerprint density at radius 3 is 1.62 bits per heavy atom. The van der Waals surface area contributed by atoms with Gasteiger partial charge < -0.3 is 30.3 Å². The van der Waals surface area contributed by atoms with Crippen molar-refractivity contribution >= 4 is 19.7 Å². The van der Waals surface area contributed by atoms with Gasteiger partial charge in [0.2, 0.25) is 0 Å². The van der Waals surface area contributed by atoms with Crippen LogP contribution in [-0.4, -0.2) is 68.5 Å². The molecule has 0 aromatic carbocycles. The van der Waals surface area contributed by atoms with Crippen LogP contribution in [0.25, 0.3) is 0 Å². The molecule has 126 valence electrons. The molecule has 3 aliphatic heterocycles. The summed E-state index contributed by atoms with van der Waals surface area (Å²) in [5, 5.41) is 0.999. The number of hydrogen-bond acceptors (Lipinski definition) is 4. The fourth-order valence-corrected chi connectivity index (χ4v) is 10.3. The normalized spacial score (nSPS) is 40.3. The molecule has 0 aromatic heterocycles. The lowest BCUT2D eigenvalue weighted by Crippen LogP contribution is -3.00. The largest absolute Gasteiger partial charge is 1.00 e. The fraction of sp³-hybridized carbons (Fsp3) is 1.00. The molecule has 0 N–H and O–H groups in total. The van der Waals surface area contributed by atoms with Crippen LogP contribution in [0.2, 0.25) is 0 Å². The second kappa shape index (κ2) is 8.66. The Balaban J connectivity index is 0.00000220. The first-order chi connectivity index (χ1) is 9.46. The number of halogens is 1. The first kappa shape index (κ1) is 19.9. The molecule has 0 saturated carbocycles. The molecule has 3 unspecified atom stereocenters. The zero-order valence-electron chi connectivity index (χ0n) is 13.9. The Hall–Kier alpha value is 0.887. The maximum atomic E-state index is 6.38. The van der Waals surface area contributed by atoms with Crippen LogP contribution in [0.4, 0.5) is 0 Å². The molecule has 3 fully saturated rings. The summed E-state index contributed by atoms with van der Waals surface area (Å²) in [7, 11) is -2.18. The van der Waals surface area contributed by atoms with Crippen molar-refractivity contribution in [3.8, 4) is 0 Å². The topological polar surface area (TPSA) is 30.9 Å². The highest BCUT2D eigenvalue weighted by molar-refractivity contribution is 7.98. The molecule has 0 radical (unpaired) electrons. The molecule has 21 heavy (non-hydrogen) atoms. The van der Waals surface area contributed by atoms with Crippen LogP contribution in [0.5, 0.6) is 0 Å². The molecule has 4 nitrogen and oxygen atoms in total. The molecular formula is C14H30BrNO3SSi. The van der Waals surface area contributed by atoms with E-state index < -0.39 is 8.80 Å². The van der Waals surface area contributed by atoms with Gasteiger partial charge in [0.25, 0.3) is 0 Å². The molecule has 3 rings (SSSR count). The van der Waals surface area contributed by atoms with Gasteiger partial charge in [0.05, 0.1) is 18.3 Å². The Bertz CT molecular complexity index is 287. The molecule has 3 atom stereocenters. The van der Waals surface area contributed by atoms with E-state index in [0.29, 0.717) is 10.9 Å². The third-order valence-corrected chi connectivity index (χ3v) is 10.9. The first-order valence-corrected chi connectivity index (χ1v) is 11.5. The number of rotatable bonds is 4. The van der Waals surface area contributed by atoms with Crippen molar-refractivity contribution in [2.45, 2.75) is 52.9 Å². The SMILES string of the molecule is CC[S+](CC)C[Si]12OC(C)CN(CC(C)O1)CC(C)O2.[Br-]. The standard InChI is InChI=1S/C14H30NO3SSi.BrH/c1-6-19(7-2)11-20-16-12(3)8-15(9-13(4)17-20)10-14(5)18-20;/h12-14H,6-11H2,1-5H3;1H/q+1;/p-1. The number of nitrogens with zero attached hydrogens (tertiary/aromatic N) is 1. The average Bonchev–Trinajstić information content (AvgIpc) is 2.31. The maximum Gasteiger partial charge on any atom is 0.554 e. The Morgan fingerprint density at radius 2 is 1.29 bits per heavy atom. The van der Waals surface area contributed by atoms with E-state index in [-0.39, 0.29) is 35.3 Å². The second-order valence-electron chi connectivity index (χ2n) is 6.02. The quantitative estimate of drug-likeness (QED) is 0.432. The van der Waals surface area contributed by atoms with Gasteiger partial charge in [-0.15, -0.1) is 0 Å². The summed E-state index contributed by atoms with van der Waals surface area (Å²) in [6.07, 6.45) is 0.627. The molecule has 3 heterocycles. The lowest BCUT2D eigenvalue weighted by atomic mass is 10.2. The van der Waals surface area contributed by atoms with E-state index in [1.54, 1.807) is 0 Å². The minimum absolute atomic E-state index is 0. The van der Waals surface area contributed by atoms with Crippen LogP contribution < -0.4 is 17.0 Å². The van der Waals surface area contributed by atoms with Gasteiger partial charge in [0.1, 0.15) is 11.5 Å². The van der Waals surface area contributed by atoms with E-state index in [2.05, 4.69) is 39.5 Å². The molecule has 0 aliphatic carbocycles. The molecule has 0 aromatic rings. The van der Waals surface area contributed by atoms with Crippen LogP contribution in [0.1, 0.15) is 34.6 Å². The molecule has 3 aliphatic rings. The van der Waals surface area contributed by atoms with Crippen molar-refractivity contribution in [3.63, 3.8) is 0 Å². The summed E-state index contributed by atoms with van der Waals surface area (Å²) in [4.78, 5) is 2.41. The zero-order valence-corrected chi connectivity index (χ0v) is 17.3. The van der Waals surface area contributed by atoms with E-state index >= 15 is 0 Å². The van der Waals surface area contributed by atoms with Crippen molar-refractivity contribution in [2.24, 2.45) is 0 Å². The summed E-state index contributed by atoms with van der Waals surface area (Å²) < 4.78 is 19.2. The van der Waals surface area contributed by atoms with Gasteiger partial charge in [-0.3, -0.25) is 4.90 Å². The van der Waals surface area contributed by atoms with Crippen LogP contribution in [0, 0.1) is 0 Å². The smallest absolute Gasteiger partial charge is 0.554 e. The third kappa shape index (κ3) is 5.48. The minimum atomic E-state index is -2.54. The molecule has 0 spiro atoms. The Morgan fingerprint density at radius 1 is 0.905 bits per heavy atom. The van der Waals surface area contributed by atoms with Crippen molar-refractivity contribution in [3.05, 3.63) is 0 Å². The molecule has 2 bridgehead atoms. The van der Waals surface area contributed by atoms with Crippen molar-refractivity contribution in [1.29, 1.82) is 0 Å². The highest BCUT2D eigenvalue weighted by Gasteiger charge is 2.54. The van der Waals surface area contributed by atoms with Gasteiger partial charge in [-0.1, -0.05) is 0 Å². The van der Waals surface area contributed by atoms with E-state index in [1.165, 1.54) is 11.5 Å². The number of fused-ring (bicyclic) bond motifs is 6. The molecule has 7 heteroatoms. The van der Waals surface area contributed by atoms with Crippen molar-refractivity contribution < 1.29 is 30.3 Å². The number of hydrogen-bond donors (Lipinski definition) is 0. The van der Waals surface area contributed by atoms with Crippen LogP contribution >= 0.6 is 0 Å². The van der Waals surface area contributed by atoms with E-state index in [0.717, 1.165) is 25.0 Å². The van der Waals surface area contributed by atoms with Gasteiger partial charge in [-0.2, -0.15) is 0 Å².